The molecule has 178 valence electrons. The van der Waals surface area contributed by atoms with Gasteiger partial charge in [-0.3, -0.25) is 4.79 Å². The minimum Gasteiger partial charge on any atom is -0.396 e. The summed E-state index contributed by atoms with van der Waals surface area (Å²) in [6.07, 6.45) is 1.92. The van der Waals surface area contributed by atoms with Gasteiger partial charge in [0.1, 0.15) is 17.0 Å². The summed E-state index contributed by atoms with van der Waals surface area (Å²) < 4.78 is 45.5. The standard InChI is InChI=1S/C24H32ClF3N2O2/c25-19-5-4-17(3-1-6-29-7-2-8-31)9-18(19)20(32)30-16-21-10-22(26)13-23(27,11-21)15-24(28,12-21)14-22/h4-5,9,29,31H,1-3,6-8,10-16H2,(H,30,32). The van der Waals surface area contributed by atoms with Gasteiger partial charge in [0.2, 0.25) is 0 Å². The Bertz CT molecular complexity index is 814. The minimum atomic E-state index is -1.83. The highest BCUT2D eigenvalue weighted by Gasteiger charge is 2.70. The maximum Gasteiger partial charge on any atom is 0.252 e. The van der Waals surface area contributed by atoms with Crippen molar-refractivity contribution in [2.24, 2.45) is 5.41 Å². The number of amides is 1. The molecule has 1 aromatic rings. The van der Waals surface area contributed by atoms with E-state index in [2.05, 4.69) is 10.6 Å². The van der Waals surface area contributed by atoms with E-state index in [9.17, 15) is 4.79 Å². The number of hydrogen-bond donors (Lipinski definition) is 3. The molecule has 0 heterocycles. The molecule has 32 heavy (non-hydrogen) atoms. The number of alkyl halides is 3. The fourth-order valence-electron chi connectivity index (χ4n) is 6.67. The van der Waals surface area contributed by atoms with Gasteiger partial charge in [0.25, 0.3) is 5.91 Å². The molecule has 0 aliphatic heterocycles. The molecule has 4 aliphatic carbocycles. The normalized spacial score (nSPS) is 35.3. The summed E-state index contributed by atoms with van der Waals surface area (Å²) in [6.45, 7) is 1.76. The van der Waals surface area contributed by atoms with Crippen LogP contribution in [0.15, 0.2) is 18.2 Å². The lowest BCUT2D eigenvalue weighted by Gasteiger charge is -2.63. The highest BCUT2D eigenvalue weighted by Crippen LogP contribution is 2.67. The molecule has 4 saturated carbocycles. The second kappa shape index (κ2) is 8.80. The van der Waals surface area contributed by atoms with E-state index in [1.54, 1.807) is 12.1 Å². The fraction of sp³-hybridized carbons (Fsp3) is 0.708. The third-order valence-electron chi connectivity index (χ3n) is 7.21. The van der Waals surface area contributed by atoms with Crippen LogP contribution >= 0.6 is 11.6 Å². The van der Waals surface area contributed by atoms with Crippen molar-refractivity contribution in [3.8, 4) is 0 Å². The van der Waals surface area contributed by atoms with Crippen LogP contribution in [-0.4, -0.2) is 54.3 Å². The number of carbonyl (C=O) groups excluding carboxylic acids is 1. The van der Waals surface area contributed by atoms with Crippen LogP contribution in [0.5, 0.6) is 0 Å². The van der Waals surface area contributed by atoms with Gasteiger partial charge in [0.05, 0.1) is 10.6 Å². The zero-order valence-electron chi connectivity index (χ0n) is 18.3. The van der Waals surface area contributed by atoms with Crippen molar-refractivity contribution >= 4 is 17.5 Å². The fourth-order valence-corrected chi connectivity index (χ4v) is 6.87. The summed E-state index contributed by atoms with van der Waals surface area (Å²) in [7, 11) is 0. The van der Waals surface area contributed by atoms with E-state index in [1.165, 1.54) is 0 Å². The van der Waals surface area contributed by atoms with Crippen LogP contribution in [0.4, 0.5) is 13.2 Å². The van der Waals surface area contributed by atoms with E-state index in [1.807, 2.05) is 6.07 Å². The van der Waals surface area contributed by atoms with Gasteiger partial charge in [-0.2, -0.15) is 0 Å². The van der Waals surface area contributed by atoms with Gasteiger partial charge in [-0.05, 0) is 74.7 Å². The van der Waals surface area contributed by atoms with Crippen LogP contribution in [0, 0.1) is 5.41 Å². The number of benzene rings is 1. The molecule has 4 aliphatic rings. The Hall–Kier alpha value is -1.31. The van der Waals surface area contributed by atoms with Gasteiger partial charge in [0.15, 0.2) is 0 Å². The Balaban J connectivity index is 1.37. The lowest BCUT2D eigenvalue weighted by atomic mass is 9.46. The van der Waals surface area contributed by atoms with Crippen molar-refractivity contribution in [3.05, 3.63) is 34.3 Å². The van der Waals surface area contributed by atoms with Crippen LogP contribution in [0.3, 0.4) is 0 Å². The van der Waals surface area contributed by atoms with Gasteiger partial charge in [0, 0.05) is 32.4 Å². The van der Waals surface area contributed by atoms with E-state index in [4.69, 9.17) is 16.7 Å². The minimum absolute atomic E-state index is 0.0458. The smallest absolute Gasteiger partial charge is 0.252 e. The van der Waals surface area contributed by atoms with E-state index >= 15 is 13.2 Å². The predicted octanol–water partition coefficient (Wildman–Crippen LogP) is 4.47. The Labute approximate surface area is 192 Å². The van der Waals surface area contributed by atoms with E-state index in [0.29, 0.717) is 17.0 Å². The molecular weight excluding hydrogens is 441 g/mol. The van der Waals surface area contributed by atoms with Crippen LogP contribution in [0.25, 0.3) is 0 Å². The maximum absolute atomic E-state index is 15.2. The SMILES string of the molecule is O=C(NCC12CC3(F)CC(F)(CC(F)(C3)C1)C2)c1cc(CCCNCCCO)ccc1Cl. The molecule has 5 rings (SSSR count). The lowest BCUT2D eigenvalue weighted by Crippen LogP contribution is -2.67. The molecule has 1 amide bonds. The molecule has 0 saturated heterocycles. The van der Waals surface area contributed by atoms with Crippen molar-refractivity contribution in [2.75, 3.05) is 26.2 Å². The molecule has 8 heteroatoms. The average molecular weight is 473 g/mol. The molecule has 0 radical (unpaired) electrons. The summed E-state index contributed by atoms with van der Waals surface area (Å²) >= 11 is 6.25. The molecule has 0 unspecified atom stereocenters. The summed E-state index contributed by atoms with van der Waals surface area (Å²) in [5, 5.41) is 15.1. The summed E-state index contributed by atoms with van der Waals surface area (Å²) in [5.41, 5.74) is -5.09. The van der Waals surface area contributed by atoms with Crippen molar-refractivity contribution in [1.82, 2.24) is 10.6 Å². The van der Waals surface area contributed by atoms with E-state index in [0.717, 1.165) is 31.5 Å². The van der Waals surface area contributed by atoms with Gasteiger partial charge >= 0.3 is 0 Å². The molecule has 4 bridgehead atoms. The van der Waals surface area contributed by atoms with Crippen LogP contribution in [-0.2, 0) is 6.42 Å². The monoisotopic (exact) mass is 472 g/mol. The van der Waals surface area contributed by atoms with Gasteiger partial charge in [-0.25, -0.2) is 13.2 Å². The summed E-state index contributed by atoms with van der Waals surface area (Å²) in [6, 6.07) is 5.30. The van der Waals surface area contributed by atoms with E-state index in [-0.39, 0.29) is 51.7 Å². The predicted molar refractivity (Wildman–Crippen MR) is 118 cm³/mol. The second-order valence-electron chi connectivity index (χ2n) is 10.4. The van der Waals surface area contributed by atoms with Crippen LogP contribution < -0.4 is 10.6 Å². The number of aryl methyl sites for hydroxylation is 1. The van der Waals surface area contributed by atoms with Crippen molar-refractivity contribution in [1.29, 1.82) is 0 Å². The third-order valence-corrected chi connectivity index (χ3v) is 7.54. The number of hydrogen-bond acceptors (Lipinski definition) is 3. The molecule has 0 spiro atoms. The van der Waals surface area contributed by atoms with Gasteiger partial charge < -0.3 is 15.7 Å². The first-order valence-electron chi connectivity index (χ1n) is 11.5. The Morgan fingerprint density at radius 3 is 2.16 bits per heavy atom. The first-order valence-corrected chi connectivity index (χ1v) is 11.9. The molecule has 4 nitrogen and oxygen atoms in total. The number of aliphatic hydroxyl groups excluding tert-OH is 1. The number of carbonyl (C=O) groups is 1. The number of aliphatic hydroxyl groups is 1. The topological polar surface area (TPSA) is 61.4 Å². The first kappa shape index (κ1) is 23.8. The van der Waals surface area contributed by atoms with Crippen molar-refractivity contribution < 1.29 is 23.1 Å². The van der Waals surface area contributed by atoms with E-state index < -0.39 is 28.3 Å². The zero-order valence-corrected chi connectivity index (χ0v) is 19.0. The molecule has 0 aromatic heterocycles. The van der Waals surface area contributed by atoms with Crippen molar-refractivity contribution in [2.45, 2.75) is 74.8 Å². The quantitative estimate of drug-likeness (QED) is 0.440. The maximum atomic E-state index is 15.2. The average Bonchev–Trinajstić information content (AvgIpc) is 2.66. The Morgan fingerprint density at radius 2 is 1.56 bits per heavy atom. The molecule has 0 atom stereocenters. The second-order valence-corrected chi connectivity index (χ2v) is 10.8. The Morgan fingerprint density at radius 1 is 0.969 bits per heavy atom. The third kappa shape index (κ3) is 5.10. The molecule has 4 fully saturated rings. The molecular formula is C24H32ClF3N2O2. The lowest BCUT2D eigenvalue weighted by molar-refractivity contribution is -0.214. The zero-order chi connectivity index (χ0) is 23.0. The van der Waals surface area contributed by atoms with Gasteiger partial charge in [-0.15, -0.1) is 0 Å². The number of halogens is 4. The van der Waals surface area contributed by atoms with Crippen molar-refractivity contribution in [3.63, 3.8) is 0 Å². The van der Waals surface area contributed by atoms with Crippen LogP contribution in [0.1, 0.15) is 67.3 Å². The molecule has 1 aromatic carbocycles. The molecule has 3 N–H and O–H groups in total. The van der Waals surface area contributed by atoms with Crippen LogP contribution in [0.2, 0.25) is 5.02 Å². The largest absolute Gasteiger partial charge is 0.396 e. The van der Waals surface area contributed by atoms with Gasteiger partial charge in [-0.1, -0.05) is 17.7 Å². The summed E-state index contributed by atoms with van der Waals surface area (Å²) in [4.78, 5) is 12.9. The Kier molecular flexibility index (Phi) is 6.56. The number of nitrogens with one attached hydrogen (secondary N) is 2. The highest BCUT2D eigenvalue weighted by molar-refractivity contribution is 6.33. The summed E-state index contributed by atoms with van der Waals surface area (Å²) in [5.74, 6) is -0.401. The highest BCUT2D eigenvalue weighted by atomic mass is 35.5. The first-order chi connectivity index (χ1) is 15.1. The number of rotatable bonds is 10.